The highest BCUT2D eigenvalue weighted by Gasteiger charge is 2.14. The maximum absolute atomic E-state index is 13.1. The molecule has 0 aliphatic heterocycles. The summed E-state index contributed by atoms with van der Waals surface area (Å²) in [4.78, 5) is 12.2. The number of aromatic nitrogens is 2. The van der Waals surface area contributed by atoms with Gasteiger partial charge in [0.05, 0.1) is 16.7 Å². The molecule has 0 unspecified atom stereocenters. The number of aromatic amines is 1. The highest BCUT2D eigenvalue weighted by molar-refractivity contribution is 7.89. The van der Waals surface area contributed by atoms with Crippen LogP contribution in [0.5, 0.6) is 0 Å². The van der Waals surface area contributed by atoms with Gasteiger partial charge in [-0.05, 0) is 35.4 Å². The quantitative estimate of drug-likeness (QED) is 0.756. The number of sulfonamides is 1. The van der Waals surface area contributed by atoms with Crippen molar-refractivity contribution in [3.8, 4) is 22.3 Å². The lowest BCUT2D eigenvalue weighted by molar-refractivity contribution is 0.598. The molecule has 0 aliphatic carbocycles. The van der Waals surface area contributed by atoms with Crippen LogP contribution in [0.3, 0.4) is 0 Å². The second kappa shape index (κ2) is 5.99. The molecule has 2 aromatic carbocycles. The predicted octanol–water partition coefficient (Wildman–Crippen LogP) is 1.89. The largest absolute Gasteiger partial charge is 0.272 e. The zero-order valence-corrected chi connectivity index (χ0v) is 13.0. The van der Waals surface area contributed by atoms with Crippen molar-refractivity contribution in [2.75, 3.05) is 0 Å². The summed E-state index contributed by atoms with van der Waals surface area (Å²) >= 11 is 0. The molecule has 0 atom stereocenters. The lowest BCUT2D eigenvalue weighted by Crippen LogP contribution is -2.13. The Morgan fingerprint density at radius 2 is 1.54 bits per heavy atom. The Morgan fingerprint density at radius 3 is 2.12 bits per heavy atom. The molecule has 1 aromatic heterocycles. The SMILES string of the molecule is NS(=O)(=O)c1ccc(-c2cn[nH]c(=O)c2-c2ccc(F)cc2)cc1. The summed E-state index contributed by atoms with van der Waals surface area (Å²) in [7, 11) is -3.80. The summed E-state index contributed by atoms with van der Waals surface area (Å²) in [5, 5.41) is 11.2. The van der Waals surface area contributed by atoms with E-state index < -0.39 is 21.4 Å². The van der Waals surface area contributed by atoms with E-state index in [4.69, 9.17) is 5.14 Å². The van der Waals surface area contributed by atoms with E-state index in [0.29, 0.717) is 22.3 Å². The fourth-order valence-electron chi connectivity index (χ4n) is 2.34. The van der Waals surface area contributed by atoms with E-state index in [1.807, 2.05) is 0 Å². The predicted molar refractivity (Wildman–Crippen MR) is 87.1 cm³/mol. The topological polar surface area (TPSA) is 106 Å². The fourth-order valence-corrected chi connectivity index (χ4v) is 2.86. The van der Waals surface area contributed by atoms with Gasteiger partial charge in [-0.1, -0.05) is 24.3 Å². The molecule has 24 heavy (non-hydrogen) atoms. The number of hydrogen-bond donors (Lipinski definition) is 2. The van der Waals surface area contributed by atoms with Gasteiger partial charge in [-0.2, -0.15) is 5.10 Å². The van der Waals surface area contributed by atoms with Crippen LogP contribution in [0.4, 0.5) is 4.39 Å². The Kier molecular flexibility index (Phi) is 4.00. The molecule has 3 aromatic rings. The van der Waals surface area contributed by atoms with Crippen molar-refractivity contribution >= 4 is 10.0 Å². The molecule has 1 heterocycles. The maximum atomic E-state index is 13.1. The fraction of sp³-hybridized carbons (Fsp3) is 0. The summed E-state index contributed by atoms with van der Waals surface area (Å²) in [6.07, 6.45) is 1.45. The molecule has 3 rings (SSSR count). The second-order valence-corrected chi connectivity index (χ2v) is 6.63. The Hall–Kier alpha value is -2.84. The maximum Gasteiger partial charge on any atom is 0.272 e. The molecule has 0 saturated heterocycles. The van der Waals surface area contributed by atoms with Gasteiger partial charge in [0.25, 0.3) is 5.56 Å². The number of primary sulfonamides is 1. The Balaban J connectivity index is 2.17. The lowest BCUT2D eigenvalue weighted by atomic mass is 9.97. The highest BCUT2D eigenvalue weighted by atomic mass is 32.2. The number of nitrogens with one attached hydrogen (secondary N) is 1. The molecule has 0 amide bonds. The number of hydrogen-bond acceptors (Lipinski definition) is 4. The van der Waals surface area contributed by atoms with Gasteiger partial charge in [-0.25, -0.2) is 23.0 Å². The average molecular weight is 345 g/mol. The highest BCUT2D eigenvalue weighted by Crippen LogP contribution is 2.29. The number of nitrogens with zero attached hydrogens (tertiary/aromatic N) is 1. The third-order valence-corrected chi connectivity index (χ3v) is 4.41. The molecule has 6 nitrogen and oxygen atoms in total. The van der Waals surface area contributed by atoms with Gasteiger partial charge < -0.3 is 0 Å². The lowest BCUT2D eigenvalue weighted by Gasteiger charge is -2.09. The molecular weight excluding hydrogens is 333 g/mol. The summed E-state index contributed by atoms with van der Waals surface area (Å²) < 4.78 is 35.8. The molecule has 0 bridgehead atoms. The van der Waals surface area contributed by atoms with Crippen LogP contribution in [0.2, 0.25) is 0 Å². The normalized spacial score (nSPS) is 11.4. The van der Waals surface area contributed by atoms with E-state index in [1.54, 1.807) is 0 Å². The van der Waals surface area contributed by atoms with E-state index in [2.05, 4.69) is 10.2 Å². The third-order valence-electron chi connectivity index (χ3n) is 3.48. The van der Waals surface area contributed by atoms with Gasteiger partial charge in [0.15, 0.2) is 0 Å². The summed E-state index contributed by atoms with van der Waals surface area (Å²) in [6, 6.07) is 11.2. The van der Waals surface area contributed by atoms with E-state index in [1.165, 1.54) is 54.7 Å². The molecule has 0 spiro atoms. The Morgan fingerprint density at radius 1 is 0.958 bits per heavy atom. The molecule has 0 fully saturated rings. The van der Waals surface area contributed by atoms with Crippen LogP contribution in [0.1, 0.15) is 0 Å². The van der Waals surface area contributed by atoms with Crippen molar-refractivity contribution in [1.29, 1.82) is 0 Å². The first-order chi connectivity index (χ1) is 11.4. The van der Waals surface area contributed by atoms with Gasteiger partial charge in [-0.15, -0.1) is 0 Å². The minimum Gasteiger partial charge on any atom is -0.267 e. The van der Waals surface area contributed by atoms with E-state index in [0.717, 1.165) is 0 Å². The first-order valence-electron chi connectivity index (χ1n) is 6.83. The number of H-pyrrole nitrogens is 1. The Labute approximate surface area is 136 Å². The van der Waals surface area contributed by atoms with Crippen LogP contribution in [0.25, 0.3) is 22.3 Å². The standard InChI is InChI=1S/C16H12FN3O3S/c17-12-5-1-11(2-6-12)15-14(9-19-20-16(15)21)10-3-7-13(8-4-10)24(18,22)23/h1-9H,(H,20,21)(H2,18,22,23). The first-order valence-corrected chi connectivity index (χ1v) is 8.38. The molecular formula is C16H12FN3O3S. The van der Waals surface area contributed by atoms with Crippen molar-refractivity contribution in [3.05, 3.63) is 70.9 Å². The van der Waals surface area contributed by atoms with Crippen LogP contribution in [-0.2, 0) is 10.0 Å². The second-order valence-electron chi connectivity index (χ2n) is 5.06. The van der Waals surface area contributed by atoms with Crippen LogP contribution < -0.4 is 10.7 Å². The van der Waals surface area contributed by atoms with Crippen molar-refractivity contribution in [3.63, 3.8) is 0 Å². The molecule has 8 heteroatoms. The van der Waals surface area contributed by atoms with Crippen molar-refractivity contribution in [2.45, 2.75) is 4.90 Å². The zero-order chi connectivity index (χ0) is 17.3. The molecule has 0 radical (unpaired) electrons. The van der Waals surface area contributed by atoms with Crippen molar-refractivity contribution in [2.24, 2.45) is 5.14 Å². The van der Waals surface area contributed by atoms with Gasteiger partial charge in [-0.3, -0.25) is 4.79 Å². The minimum absolute atomic E-state index is 0.0348. The van der Waals surface area contributed by atoms with Crippen LogP contribution in [0, 0.1) is 5.82 Å². The minimum atomic E-state index is -3.80. The van der Waals surface area contributed by atoms with E-state index >= 15 is 0 Å². The van der Waals surface area contributed by atoms with Gasteiger partial charge in [0.2, 0.25) is 10.0 Å². The van der Waals surface area contributed by atoms with Gasteiger partial charge >= 0.3 is 0 Å². The van der Waals surface area contributed by atoms with E-state index in [-0.39, 0.29) is 4.90 Å². The number of nitrogens with two attached hydrogens (primary N) is 1. The van der Waals surface area contributed by atoms with E-state index in [9.17, 15) is 17.6 Å². The van der Waals surface area contributed by atoms with Crippen molar-refractivity contribution in [1.82, 2.24) is 10.2 Å². The molecule has 0 saturated carbocycles. The molecule has 122 valence electrons. The first kappa shape index (κ1) is 16.0. The monoisotopic (exact) mass is 345 g/mol. The number of halogens is 1. The smallest absolute Gasteiger partial charge is 0.267 e. The van der Waals surface area contributed by atoms with Crippen LogP contribution in [0.15, 0.2) is 64.4 Å². The molecule has 3 N–H and O–H groups in total. The summed E-state index contributed by atoms with van der Waals surface area (Å²) in [5.74, 6) is -0.414. The van der Waals surface area contributed by atoms with Crippen LogP contribution >= 0.6 is 0 Å². The summed E-state index contributed by atoms with van der Waals surface area (Å²) in [5.41, 5.74) is 1.47. The van der Waals surface area contributed by atoms with Crippen molar-refractivity contribution < 1.29 is 12.8 Å². The molecule has 0 aliphatic rings. The number of rotatable bonds is 3. The number of benzene rings is 2. The summed E-state index contributed by atoms with van der Waals surface area (Å²) in [6.45, 7) is 0. The Bertz CT molecular complexity index is 1040. The van der Waals surface area contributed by atoms with Gasteiger partial charge in [0, 0.05) is 5.56 Å². The third kappa shape index (κ3) is 3.10. The zero-order valence-electron chi connectivity index (χ0n) is 12.2. The average Bonchev–Trinajstić information content (AvgIpc) is 2.55. The van der Waals surface area contributed by atoms with Crippen LogP contribution in [-0.4, -0.2) is 18.6 Å². The van der Waals surface area contributed by atoms with Gasteiger partial charge in [0.1, 0.15) is 5.82 Å².